The van der Waals surface area contributed by atoms with Crippen LogP contribution in [-0.4, -0.2) is 193 Å². The first kappa shape index (κ1) is 58.8. The molecule has 66 heavy (non-hydrogen) atoms. The number of ether oxygens (including phenoxy) is 6. The minimum Gasteiger partial charge on any atom is -0.394 e. The molecule has 3 aliphatic rings. The number of hydrogen-bond acceptors (Lipinski definition) is 18. The molecular formula is C47H87NO18. The fourth-order valence-electron chi connectivity index (χ4n) is 8.59. The van der Waals surface area contributed by atoms with Crippen molar-refractivity contribution in [1.82, 2.24) is 5.32 Å². The molecule has 3 fully saturated rings. The highest BCUT2D eigenvalue weighted by Crippen LogP contribution is 2.33. The lowest BCUT2D eigenvalue weighted by Gasteiger charge is -2.48. The quantitative estimate of drug-likeness (QED) is 0.0317. The predicted molar refractivity (Wildman–Crippen MR) is 240 cm³/mol. The smallest absolute Gasteiger partial charge is 0.220 e. The first-order valence-corrected chi connectivity index (χ1v) is 24.9. The van der Waals surface area contributed by atoms with Crippen LogP contribution in [0.25, 0.3) is 0 Å². The topological polar surface area (TPSA) is 307 Å². The van der Waals surface area contributed by atoms with Crippen LogP contribution in [0.3, 0.4) is 0 Å². The lowest BCUT2D eigenvalue weighted by atomic mass is 9.96. The van der Waals surface area contributed by atoms with Crippen LogP contribution in [0.1, 0.15) is 149 Å². The lowest BCUT2D eigenvalue weighted by molar-refractivity contribution is -0.379. The third-order valence-electron chi connectivity index (χ3n) is 12.8. The molecule has 0 bridgehead atoms. The first-order chi connectivity index (χ1) is 31.8. The summed E-state index contributed by atoms with van der Waals surface area (Å²) in [4.78, 5) is 13.2. The van der Waals surface area contributed by atoms with Gasteiger partial charge in [-0.25, -0.2) is 0 Å². The van der Waals surface area contributed by atoms with Gasteiger partial charge in [0.15, 0.2) is 18.9 Å². The maximum atomic E-state index is 13.2. The van der Waals surface area contributed by atoms with Gasteiger partial charge in [0.2, 0.25) is 5.91 Å². The second kappa shape index (κ2) is 33.2. The van der Waals surface area contributed by atoms with Gasteiger partial charge in [-0.2, -0.15) is 0 Å². The average Bonchev–Trinajstić information content (AvgIpc) is 3.31. The number of hydrogen-bond donors (Lipinski definition) is 12. The Morgan fingerprint density at radius 1 is 0.530 bits per heavy atom. The van der Waals surface area contributed by atoms with E-state index >= 15 is 0 Å². The number of nitrogens with one attached hydrogen (secondary N) is 1. The summed E-state index contributed by atoms with van der Waals surface area (Å²) in [6.07, 6.45) is -0.883. The zero-order valence-corrected chi connectivity index (χ0v) is 39.4. The highest BCUT2D eigenvalue weighted by molar-refractivity contribution is 5.76. The van der Waals surface area contributed by atoms with Crippen molar-refractivity contribution in [1.29, 1.82) is 0 Å². The number of carbonyl (C=O) groups excluding carboxylic acids is 1. The summed E-state index contributed by atoms with van der Waals surface area (Å²) in [6.45, 7) is 1.67. The normalized spacial score (nSPS) is 33.9. The predicted octanol–water partition coefficient (Wildman–Crippen LogP) is 1.09. The summed E-state index contributed by atoms with van der Waals surface area (Å²) in [5.74, 6) is -0.258. The van der Waals surface area contributed by atoms with Crippen LogP contribution in [0.4, 0.5) is 0 Å². The van der Waals surface area contributed by atoms with Crippen molar-refractivity contribution < 1.29 is 89.4 Å². The van der Waals surface area contributed by atoms with Crippen molar-refractivity contribution in [3.05, 3.63) is 12.2 Å². The van der Waals surface area contributed by atoms with Crippen LogP contribution in [0.5, 0.6) is 0 Å². The molecule has 0 saturated carbocycles. The summed E-state index contributed by atoms with van der Waals surface area (Å²) in [7, 11) is 0. The van der Waals surface area contributed by atoms with E-state index in [1.165, 1.54) is 51.4 Å². The molecule has 3 aliphatic heterocycles. The summed E-state index contributed by atoms with van der Waals surface area (Å²) < 4.78 is 34.1. The van der Waals surface area contributed by atoms with Gasteiger partial charge in [0.05, 0.1) is 38.6 Å². The molecular weight excluding hydrogens is 867 g/mol. The highest BCUT2D eigenvalue weighted by atomic mass is 16.8. The molecule has 17 atom stereocenters. The van der Waals surface area contributed by atoms with E-state index in [9.17, 15) is 61.0 Å². The molecule has 0 aromatic heterocycles. The van der Waals surface area contributed by atoms with Gasteiger partial charge in [-0.05, 0) is 32.1 Å². The van der Waals surface area contributed by atoms with Crippen molar-refractivity contribution in [2.45, 2.75) is 253 Å². The van der Waals surface area contributed by atoms with E-state index in [1.807, 2.05) is 0 Å². The third kappa shape index (κ3) is 19.4. The van der Waals surface area contributed by atoms with E-state index in [0.29, 0.717) is 12.8 Å². The van der Waals surface area contributed by atoms with Gasteiger partial charge in [0.25, 0.3) is 0 Å². The van der Waals surface area contributed by atoms with Crippen LogP contribution in [0, 0.1) is 0 Å². The fraction of sp³-hybridized carbons (Fsp3) is 0.936. The number of amides is 1. The second-order valence-corrected chi connectivity index (χ2v) is 18.3. The van der Waals surface area contributed by atoms with Crippen molar-refractivity contribution >= 4 is 5.91 Å². The van der Waals surface area contributed by atoms with E-state index in [2.05, 4.69) is 31.3 Å². The number of aliphatic hydroxyl groups excluding tert-OH is 11. The molecule has 3 heterocycles. The van der Waals surface area contributed by atoms with Gasteiger partial charge >= 0.3 is 0 Å². The van der Waals surface area contributed by atoms with E-state index < -0.39 is 124 Å². The molecule has 12 N–H and O–H groups in total. The maximum Gasteiger partial charge on any atom is 0.220 e. The van der Waals surface area contributed by atoms with Crippen LogP contribution < -0.4 is 5.32 Å². The number of aliphatic hydroxyl groups is 11. The Bertz CT molecular complexity index is 1280. The summed E-state index contributed by atoms with van der Waals surface area (Å²) >= 11 is 0. The molecule has 3 saturated heterocycles. The molecule has 19 heteroatoms. The van der Waals surface area contributed by atoms with Crippen LogP contribution in [0.2, 0.25) is 0 Å². The van der Waals surface area contributed by atoms with E-state index in [-0.39, 0.29) is 18.9 Å². The monoisotopic (exact) mass is 954 g/mol. The Morgan fingerprint density at radius 3 is 1.52 bits per heavy atom. The van der Waals surface area contributed by atoms with Gasteiger partial charge in [-0.3, -0.25) is 4.79 Å². The number of rotatable bonds is 34. The maximum absolute atomic E-state index is 13.2. The Kier molecular flexibility index (Phi) is 29.6. The molecule has 17 unspecified atom stereocenters. The van der Waals surface area contributed by atoms with Gasteiger partial charge in [0, 0.05) is 6.42 Å². The molecule has 0 radical (unpaired) electrons. The van der Waals surface area contributed by atoms with Gasteiger partial charge in [0.1, 0.15) is 73.2 Å². The Labute approximate surface area is 391 Å². The zero-order valence-electron chi connectivity index (χ0n) is 39.4. The number of carbonyl (C=O) groups is 1. The molecule has 0 aliphatic carbocycles. The lowest BCUT2D eigenvalue weighted by Crippen LogP contribution is -2.66. The molecule has 0 spiro atoms. The Morgan fingerprint density at radius 2 is 0.970 bits per heavy atom. The largest absolute Gasteiger partial charge is 0.394 e. The van der Waals surface area contributed by atoms with Crippen molar-refractivity contribution in [3.63, 3.8) is 0 Å². The third-order valence-corrected chi connectivity index (χ3v) is 12.8. The minimum atomic E-state index is -1.97. The zero-order chi connectivity index (χ0) is 48.4. The van der Waals surface area contributed by atoms with Crippen LogP contribution in [-0.2, 0) is 33.2 Å². The highest BCUT2D eigenvalue weighted by Gasteiger charge is 2.53. The minimum absolute atomic E-state index is 0.257. The van der Waals surface area contributed by atoms with Crippen molar-refractivity contribution in [3.8, 4) is 0 Å². The van der Waals surface area contributed by atoms with Crippen LogP contribution in [0.15, 0.2) is 12.2 Å². The van der Waals surface area contributed by atoms with Crippen molar-refractivity contribution in [2.75, 3.05) is 26.4 Å². The summed E-state index contributed by atoms with van der Waals surface area (Å²) in [6, 6.07) is -0.883. The summed E-state index contributed by atoms with van der Waals surface area (Å²) in [5.41, 5.74) is 0. The standard InChI is InChI=1S/C47H87NO18/c1-3-5-7-9-11-13-15-17-19-21-23-25-35(53)48-30(31(52)24-22-20-18-16-14-12-10-8-6-4-2)29-61-45-41(59)38(56)43(33(27-50)63-45)66-47-42(60)39(57)44(34(28-51)64-47)65-46-40(58)37(55)36(54)32(26-49)62-46/h9,11,30-34,36-47,49-52,54-60H,3-8,10,12-29H2,1-2H3,(H,48,53)/b11-9-. The number of unbranched alkanes of at least 4 members (excludes halogenated alkanes) is 16. The average molecular weight is 954 g/mol. The molecule has 388 valence electrons. The van der Waals surface area contributed by atoms with E-state index in [0.717, 1.165) is 64.2 Å². The fourth-order valence-corrected chi connectivity index (χ4v) is 8.59. The second-order valence-electron chi connectivity index (χ2n) is 18.3. The molecule has 0 aromatic rings. The first-order valence-electron chi connectivity index (χ1n) is 24.9. The molecule has 3 rings (SSSR count). The summed E-state index contributed by atoms with van der Waals surface area (Å²) in [5, 5.41) is 119. The van der Waals surface area contributed by atoms with Crippen molar-refractivity contribution in [2.24, 2.45) is 0 Å². The van der Waals surface area contributed by atoms with E-state index in [4.69, 9.17) is 28.4 Å². The van der Waals surface area contributed by atoms with Crippen LogP contribution >= 0.6 is 0 Å². The van der Waals surface area contributed by atoms with E-state index in [1.54, 1.807) is 0 Å². The Hall–Kier alpha value is -1.47. The van der Waals surface area contributed by atoms with Gasteiger partial charge < -0.3 is 89.9 Å². The SMILES string of the molecule is CCCC/C=C\CCCCCCCC(=O)NC(COC1OC(CO)C(OC2OC(CO)C(OC3OC(CO)C(O)C(O)C3O)C(O)C2O)C(O)C1O)C(O)CCCCCCCCCCCC. The molecule has 0 aromatic carbocycles. The number of allylic oxidation sites excluding steroid dienone is 2. The van der Waals surface area contributed by atoms with Gasteiger partial charge in [-0.15, -0.1) is 0 Å². The molecule has 1 amide bonds. The Balaban J connectivity index is 1.57. The molecule has 19 nitrogen and oxygen atoms in total. The van der Waals surface area contributed by atoms with Gasteiger partial charge in [-0.1, -0.05) is 122 Å².